The van der Waals surface area contributed by atoms with Crippen LogP contribution in [0.2, 0.25) is 0 Å². The van der Waals surface area contributed by atoms with Crippen LogP contribution in [-0.4, -0.2) is 22.6 Å². The number of carbonyl (C=O) groups is 1. The summed E-state index contributed by atoms with van der Waals surface area (Å²) in [7, 11) is 0. The molecule has 1 N–H and O–H groups in total. The van der Waals surface area contributed by atoms with Crippen molar-refractivity contribution in [3.8, 4) is 5.75 Å². The van der Waals surface area contributed by atoms with Crippen LogP contribution in [0.1, 0.15) is 20.3 Å². The Morgan fingerprint density at radius 2 is 2.16 bits per heavy atom. The average molecular weight is 271 g/mol. The maximum absolute atomic E-state index is 13.4. The summed E-state index contributed by atoms with van der Waals surface area (Å²) < 4.78 is 18.5. The molecule has 0 aromatic heterocycles. The summed E-state index contributed by atoms with van der Waals surface area (Å²) in [6, 6.07) is 3.04. The molecule has 6 nitrogen and oxygen atoms in total. The number of benzene rings is 1. The van der Waals surface area contributed by atoms with Gasteiger partial charge in [0.25, 0.3) is 5.69 Å². The van der Waals surface area contributed by atoms with Gasteiger partial charge >= 0.3 is 5.97 Å². The van der Waals surface area contributed by atoms with Crippen molar-refractivity contribution < 1.29 is 24.0 Å². The maximum Gasteiger partial charge on any atom is 0.309 e. The van der Waals surface area contributed by atoms with E-state index in [-0.39, 0.29) is 24.5 Å². The van der Waals surface area contributed by atoms with Gasteiger partial charge in [-0.25, -0.2) is 4.39 Å². The molecular formula is C12H14FNO5. The Bertz CT molecular complexity index is 501. The molecular weight excluding hydrogens is 257 g/mol. The molecule has 0 aliphatic heterocycles. The zero-order valence-electron chi connectivity index (χ0n) is 10.6. The van der Waals surface area contributed by atoms with E-state index in [1.807, 2.05) is 0 Å². The summed E-state index contributed by atoms with van der Waals surface area (Å²) in [5.41, 5.74) is -1.34. The molecule has 1 rings (SSSR count). The van der Waals surface area contributed by atoms with Gasteiger partial charge in [-0.2, -0.15) is 0 Å². The smallest absolute Gasteiger partial charge is 0.309 e. The third-order valence-corrected chi connectivity index (χ3v) is 2.69. The van der Waals surface area contributed by atoms with Crippen LogP contribution in [0.4, 0.5) is 10.1 Å². The van der Waals surface area contributed by atoms with Crippen LogP contribution in [0.25, 0.3) is 0 Å². The number of aliphatic carboxylic acids is 1. The van der Waals surface area contributed by atoms with E-state index in [1.54, 1.807) is 0 Å². The van der Waals surface area contributed by atoms with E-state index in [1.165, 1.54) is 13.8 Å². The minimum Gasteiger partial charge on any atom is -0.490 e. The van der Waals surface area contributed by atoms with Crippen molar-refractivity contribution in [2.24, 2.45) is 5.41 Å². The highest BCUT2D eigenvalue weighted by atomic mass is 19.1. The Labute approximate surface area is 109 Å². The van der Waals surface area contributed by atoms with Crippen molar-refractivity contribution in [1.29, 1.82) is 0 Å². The molecule has 0 bridgehead atoms. The lowest BCUT2D eigenvalue weighted by Gasteiger charge is -2.18. The average Bonchev–Trinajstić information content (AvgIpc) is 2.30. The fourth-order valence-electron chi connectivity index (χ4n) is 1.24. The van der Waals surface area contributed by atoms with Gasteiger partial charge in [-0.15, -0.1) is 0 Å². The van der Waals surface area contributed by atoms with Crippen LogP contribution in [-0.2, 0) is 4.79 Å². The van der Waals surface area contributed by atoms with E-state index >= 15 is 0 Å². The molecule has 0 fully saturated rings. The Kier molecular flexibility index (Phi) is 4.42. The topological polar surface area (TPSA) is 89.7 Å². The summed E-state index contributed by atoms with van der Waals surface area (Å²) in [6.07, 6.45) is 0.193. The van der Waals surface area contributed by atoms with Crippen LogP contribution in [0, 0.1) is 21.3 Å². The van der Waals surface area contributed by atoms with Crippen molar-refractivity contribution >= 4 is 11.7 Å². The van der Waals surface area contributed by atoms with Crippen LogP contribution >= 0.6 is 0 Å². The number of hydrogen-bond acceptors (Lipinski definition) is 4. The number of halogens is 1. The van der Waals surface area contributed by atoms with Gasteiger partial charge in [-0.1, -0.05) is 0 Å². The normalized spacial score (nSPS) is 11.1. The first-order valence-electron chi connectivity index (χ1n) is 5.54. The van der Waals surface area contributed by atoms with E-state index in [0.717, 1.165) is 18.2 Å². The van der Waals surface area contributed by atoms with E-state index in [0.29, 0.717) is 0 Å². The summed E-state index contributed by atoms with van der Waals surface area (Å²) in [5.74, 6) is -1.95. The number of rotatable bonds is 6. The first-order chi connectivity index (χ1) is 8.74. The summed E-state index contributed by atoms with van der Waals surface area (Å²) in [4.78, 5) is 20.6. The highest BCUT2D eigenvalue weighted by Crippen LogP contribution is 2.25. The van der Waals surface area contributed by atoms with Gasteiger partial charge in [0.1, 0.15) is 0 Å². The number of nitro benzene ring substituents is 1. The molecule has 0 heterocycles. The van der Waals surface area contributed by atoms with Crippen LogP contribution in [0.5, 0.6) is 5.75 Å². The van der Waals surface area contributed by atoms with Crippen molar-refractivity contribution in [2.75, 3.05) is 6.61 Å². The predicted octanol–water partition coefficient (Wildman–Crippen LogP) is 2.61. The predicted molar refractivity (Wildman–Crippen MR) is 64.6 cm³/mol. The number of carboxylic acid groups (broad SMARTS) is 1. The molecule has 0 amide bonds. The Hall–Kier alpha value is -2.18. The van der Waals surface area contributed by atoms with Gasteiger partial charge in [0.15, 0.2) is 11.6 Å². The molecule has 0 saturated carbocycles. The van der Waals surface area contributed by atoms with Gasteiger partial charge in [-0.3, -0.25) is 14.9 Å². The van der Waals surface area contributed by atoms with Gasteiger partial charge in [-0.05, 0) is 26.3 Å². The Balaban J connectivity index is 2.64. The number of ether oxygens (including phenoxy) is 1. The first kappa shape index (κ1) is 14.9. The highest BCUT2D eigenvalue weighted by molar-refractivity contribution is 5.73. The molecule has 0 aliphatic rings. The summed E-state index contributed by atoms with van der Waals surface area (Å²) in [6.45, 7) is 3.07. The zero-order chi connectivity index (χ0) is 14.6. The van der Waals surface area contributed by atoms with E-state index in [4.69, 9.17) is 9.84 Å². The quantitative estimate of drug-likeness (QED) is 0.634. The van der Waals surface area contributed by atoms with Gasteiger partial charge in [0, 0.05) is 6.07 Å². The molecule has 7 heteroatoms. The number of nitrogens with zero attached hydrogens (tertiary/aromatic N) is 1. The second kappa shape index (κ2) is 5.64. The number of hydrogen-bond donors (Lipinski definition) is 1. The maximum atomic E-state index is 13.4. The van der Waals surface area contributed by atoms with Crippen molar-refractivity contribution in [3.05, 3.63) is 34.1 Å². The Morgan fingerprint density at radius 3 is 2.63 bits per heavy atom. The highest BCUT2D eigenvalue weighted by Gasteiger charge is 2.27. The lowest BCUT2D eigenvalue weighted by atomic mass is 9.90. The molecule has 0 unspecified atom stereocenters. The number of nitro groups is 1. The molecule has 104 valence electrons. The molecule has 0 radical (unpaired) electrons. The fraction of sp³-hybridized carbons (Fsp3) is 0.417. The SMILES string of the molecule is CC(C)(CCOc1ccc([N+](=O)[O-])cc1F)C(=O)O. The molecule has 1 aromatic carbocycles. The third kappa shape index (κ3) is 3.90. The second-order valence-corrected chi connectivity index (χ2v) is 4.66. The number of non-ortho nitro benzene ring substituents is 1. The molecule has 0 atom stereocenters. The first-order valence-corrected chi connectivity index (χ1v) is 5.54. The van der Waals surface area contributed by atoms with Crippen molar-refractivity contribution in [2.45, 2.75) is 20.3 Å². The van der Waals surface area contributed by atoms with E-state index < -0.39 is 22.1 Å². The standard InChI is InChI=1S/C12H14FNO5/c1-12(2,11(15)16)5-6-19-10-4-3-8(14(17)18)7-9(10)13/h3-4,7H,5-6H2,1-2H3,(H,15,16). The Morgan fingerprint density at radius 1 is 1.53 bits per heavy atom. The van der Waals surface area contributed by atoms with Gasteiger partial charge in [0.2, 0.25) is 0 Å². The van der Waals surface area contributed by atoms with E-state index in [9.17, 15) is 19.3 Å². The van der Waals surface area contributed by atoms with Crippen molar-refractivity contribution in [3.63, 3.8) is 0 Å². The largest absolute Gasteiger partial charge is 0.490 e. The summed E-state index contributed by atoms with van der Waals surface area (Å²) in [5, 5.41) is 19.3. The minimum atomic E-state index is -0.975. The molecule has 19 heavy (non-hydrogen) atoms. The number of carboxylic acids is 1. The lowest BCUT2D eigenvalue weighted by molar-refractivity contribution is -0.385. The van der Waals surface area contributed by atoms with Crippen molar-refractivity contribution in [1.82, 2.24) is 0 Å². The van der Waals surface area contributed by atoms with Gasteiger partial charge in [0.05, 0.1) is 23.0 Å². The molecule has 0 aliphatic carbocycles. The van der Waals surface area contributed by atoms with Crippen LogP contribution in [0.15, 0.2) is 18.2 Å². The minimum absolute atomic E-state index is 0.00797. The zero-order valence-corrected chi connectivity index (χ0v) is 10.6. The van der Waals surface area contributed by atoms with Crippen LogP contribution in [0.3, 0.4) is 0 Å². The second-order valence-electron chi connectivity index (χ2n) is 4.66. The monoisotopic (exact) mass is 271 g/mol. The van der Waals surface area contributed by atoms with Crippen LogP contribution < -0.4 is 4.74 Å². The van der Waals surface area contributed by atoms with E-state index in [2.05, 4.69) is 0 Å². The molecule has 1 aromatic rings. The fourth-order valence-corrected chi connectivity index (χ4v) is 1.24. The molecule has 0 spiro atoms. The summed E-state index contributed by atoms with van der Waals surface area (Å²) >= 11 is 0. The lowest BCUT2D eigenvalue weighted by Crippen LogP contribution is -2.25. The van der Waals surface area contributed by atoms with Gasteiger partial charge < -0.3 is 9.84 Å². The molecule has 0 saturated heterocycles. The third-order valence-electron chi connectivity index (χ3n) is 2.69.